The molecule has 2 heterocycles. The van der Waals surface area contributed by atoms with Gasteiger partial charge in [-0.3, -0.25) is 0 Å². The van der Waals surface area contributed by atoms with E-state index in [9.17, 15) is 4.79 Å². The second-order valence-electron chi connectivity index (χ2n) is 6.24. The van der Waals surface area contributed by atoms with Crippen LogP contribution in [0.2, 0.25) is 5.02 Å². The fourth-order valence-electron chi connectivity index (χ4n) is 3.04. The van der Waals surface area contributed by atoms with Crippen molar-refractivity contribution in [1.82, 2.24) is 19.6 Å². The van der Waals surface area contributed by atoms with Crippen LogP contribution in [0.3, 0.4) is 0 Å². The number of fused-ring (bicyclic) bond motifs is 1. The van der Waals surface area contributed by atoms with Gasteiger partial charge in [0.2, 0.25) is 0 Å². The molecule has 142 valence electrons. The van der Waals surface area contributed by atoms with E-state index in [0.29, 0.717) is 18.1 Å². The lowest BCUT2D eigenvalue weighted by Crippen LogP contribution is -2.41. The van der Waals surface area contributed by atoms with Gasteiger partial charge in [0.25, 0.3) is 0 Å². The van der Waals surface area contributed by atoms with Gasteiger partial charge < -0.3 is 19.4 Å². The van der Waals surface area contributed by atoms with Crippen molar-refractivity contribution in [3.63, 3.8) is 0 Å². The summed E-state index contributed by atoms with van der Waals surface area (Å²) in [5, 5.41) is 3.59. The fraction of sp³-hybridized carbons (Fsp3) is 0.300. The van der Waals surface area contributed by atoms with Crippen molar-refractivity contribution in [3.05, 3.63) is 65.1 Å². The molecule has 1 unspecified atom stereocenters. The van der Waals surface area contributed by atoms with E-state index in [-0.39, 0.29) is 12.1 Å². The van der Waals surface area contributed by atoms with Gasteiger partial charge in [-0.05, 0) is 43.7 Å². The van der Waals surface area contributed by atoms with Crippen LogP contribution < -0.4 is 10.1 Å². The molecule has 7 heteroatoms. The van der Waals surface area contributed by atoms with Crippen LogP contribution in [0.25, 0.3) is 5.65 Å². The summed E-state index contributed by atoms with van der Waals surface area (Å²) >= 11 is 6.00. The molecule has 3 rings (SSSR count). The Hall–Kier alpha value is -2.73. The predicted molar refractivity (Wildman–Crippen MR) is 106 cm³/mol. The van der Waals surface area contributed by atoms with Crippen molar-refractivity contribution < 1.29 is 9.53 Å². The summed E-state index contributed by atoms with van der Waals surface area (Å²) < 4.78 is 7.13. The number of amides is 2. The minimum absolute atomic E-state index is 0.0787. The van der Waals surface area contributed by atoms with Crippen LogP contribution in [0, 0.1) is 0 Å². The maximum atomic E-state index is 12.7. The fourth-order valence-corrected chi connectivity index (χ4v) is 3.21. The van der Waals surface area contributed by atoms with Gasteiger partial charge >= 0.3 is 6.03 Å². The lowest BCUT2D eigenvalue weighted by molar-refractivity contribution is 0.182. The van der Waals surface area contributed by atoms with Crippen molar-refractivity contribution in [2.45, 2.75) is 26.4 Å². The first-order chi connectivity index (χ1) is 13.0. The molecule has 1 N–H and O–H groups in total. The summed E-state index contributed by atoms with van der Waals surface area (Å²) in [4.78, 5) is 19.0. The molecule has 3 aromatic rings. The van der Waals surface area contributed by atoms with Gasteiger partial charge in [0.1, 0.15) is 11.4 Å². The highest BCUT2D eigenvalue weighted by Crippen LogP contribution is 2.24. The molecule has 0 bridgehead atoms. The Bertz CT molecular complexity index is 941. The van der Waals surface area contributed by atoms with Crippen LogP contribution in [-0.4, -0.2) is 34.0 Å². The van der Waals surface area contributed by atoms with Crippen molar-refractivity contribution in [2.75, 3.05) is 13.7 Å². The van der Waals surface area contributed by atoms with Crippen LogP contribution >= 0.6 is 11.6 Å². The topological polar surface area (TPSA) is 58.9 Å². The number of aromatic nitrogens is 2. The number of carbonyl (C=O) groups is 1. The Morgan fingerprint density at radius 2 is 2.15 bits per heavy atom. The number of imidazole rings is 1. The molecule has 0 fully saturated rings. The van der Waals surface area contributed by atoms with Crippen LogP contribution in [0.4, 0.5) is 4.79 Å². The molecular formula is C20H23ClN4O2. The lowest BCUT2D eigenvalue weighted by Gasteiger charge is -2.28. The van der Waals surface area contributed by atoms with Crippen LogP contribution in [-0.2, 0) is 6.54 Å². The number of pyridine rings is 1. The smallest absolute Gasteiger partial charge is 0.318 e. The van der Waals surface area contributed by atoms with E-state index in [4.69, 9.17) is 16.3 Å². The molecule has 0 aliphatic carbocycles. The van der Waals surface area contributed by atoms with E-state index in [1.165, 1.54) is 0 Å². The van der Waals surface area contributed by atoms with Gasteiger partial charge in [-0.2, -0.15) is 0 Å². The van der Waals surface area contributed by atoms with Gasteiger partial charge in [-0.15, -0.1) is 0 Å². The van der Waals surface area contributed by atoms with E-state index in [0.717, 1.165) is 22.7 Å². The molecule has 0 saturated heterocycles. The number of hydrogen-bond acceptors (Lipinski definition) is 3. The average molecular weight is 387 g/mol. The molecule has 1 aromatic carbocycles. The zero-order valence-electron chi connectivity index (χ0n) is 15.6. The highest BCUT2D eigenvalue weighted by atomic mass is 35.5. The normalized spacial score (nSPS) is 12.0. The van der Waals surface area contributed by atoms with Gasteiger partial charge in [0, 0.05) is 18.9 Å². The van der Waals surface area contributed by atoms with Crippen molar-refractivity contribution >= 4 is 23.3 Å². The molecule has 0 aliphatic rings. The summed E-state index contributed by atoms with van der Waals surface area (Å²) in [6.07, 6.45) is 3.65. The summed E-state index contributed by atoms with van der Waals surface area (Å²) in [5.41, 5.74) is 2.59. The first kappa shape index (κ1) is 19.0. The number of methoxy groups -OCH3 is 1. The summed E-state index contributed by atoms with van der Waals surface area (Å²) in [7, 11) is 1.64. The number of halogens is 1. The lowest BCUT2D eigenvalue weighted by atomic mass is 10.1. The highest BCUT2D eigenvalue weighted by molar-refractivity contribution is 6.30. The first-order valence-electron chi connectivity index (χ1n) is 8.83. The molecule has 0 aliphatic heterocycles. The monoisotopic (exact) mass is 386 g/mol. The largest absolute Gasteiger partial charge is 0.497 e. The Morgan fingerprint density at radius 1 is 1.33 bits per heavy atom. The molecule has 1 atom stereocenters. The van der Waals surface area contributed by atoms with Crippen molar-refractivity contribution in [3.8, 4) is 5.75 Å². The second kappa shape index (κ2) is 8.31. The Kier molecular flexibility index (Phi) is 5.86. The number of hydrogen-bond donors (Lipinski definition) is 1. The average Bonchev–Trinajstić information content (AvgIpc) is 3.08. The number of nitrogens with one attached hydrogen (secondary N) is 1. The predicted octanol–water partition coefficient (Wildman–Crippen LogP) is 4.29. The maximum Gasteiger partial charge on any atom is 0.318 e. The number of carbonyl (C=O) groups excluding carboxylic acids is 1. The van der Waals surface area contributed by atoms with E-state index in [1.54, 1.807) is 24.3 Å². The third-order valence-corrected chi connectivity index (χ3v) is 4.75. The zero-order chi connectivity index (χ0) is 19.4. The number of ether oxygens (including phenoxy) is 1. The second-order valence-corrected chi connectivity index (χ2v) is 6.68. The first-order valence-corrected chi connectivity index (χ1v) is 9.21. The molecule has 0 spiro atoms. The SMILES string of the molecule is CCN(C(=O)NCc1cn2cc(Cl)ccc2n1)C(C)c1cccc(OC)c1. The Morgan fingerprint density at radius 3 is 2.89 bits per heavy atom. The molecule has 6 nitrogen and oxygen atoms in total. The Labute approximate surface area is 163 Å². The van der Waals surface area contributed by atoms with E-state index >= 15 is 0 Å². The minimum Gasteiger partial charge on any atom is -0.497 e. The third-order valence-electron chi connectivity index (χ3n) is 4.53. The maximum absolute atomic E-state index is 12.7. The van der Waals surface area contributed by atoms with Crippen molar-refractivity contribution in [2.24, 2.45) is 0 Å². The minimum atomic E-state index is -0.136. The number of urea groups is 1. The van der Waals surface area contributed by atoms with E-state index in [2.05, 4.69) is 10.3 Å². The summed E-state index contributed by atoms with van der Waals surface area (Å²) in [6.45, 7) is 4.90. The molecule has 0 saturated carbocycles. The van der Waals surface area contributed by atoms with Crippen LogP contribution in [0.1, 0.15) is 31.1 Å². The molecule has 2 aromatic heterocycles. The van der Waals surface area contributed by atoms with Crippen LogP contribution in [0.5, 0.6) is 5.75 Å². The van der Waals surface area contributed by atoms with Gasteiger partial charge in [-0.1, -0.05) is 23.7 Å². The zero-order valence-corrected chi connectivity index (χ0v) is 16.4. The van der Waals surface area contributed by atoms with E-state index in [1.807, 2.05) is 54.8 Å². The number of rotatable bonds is 6. The summed E-state index contributed by atoms with van der Waals surface area (Å²) in [6, 6.07) is 11.2. The molecule has 2 amide bonds. The number of benzene rings is 1. The van der Waals surface area contributed by atoms with Gasteiger partial charge in [-0.25, -0.2) is 9.78 Å². The van der Waals surface area contributed by atoms with Gasteiger partial charge in [0.15, 0.2) is 0 Å². The quantitative estimate of drug-likeness (QED) is 0.687. The van der Waals surface area contributed by atoms with E-state index < -0.39 is 0 Å². The molecular weight excluding hydrogens is 364 g/mol. The van der Waals surface area contributed by atoms with Crippen molar-refractivity contribution in [1.29, 1.82) is 0 Å². The molecule has 27 heavy (non-hydrogen) atoms. The standard InChI is InChI=1S/C20H23ClN4O2/c1-4-25(14(2)15-6-5-7-18(10-15)27-3)20(26)22-11-17-13-24-12-16(21)8-9-19(24)23-17/h5-10,12-14H,4,11H2,1-3H3,(H,22,26). The van der Waals surface area contributed by atoms with Crippen LogP contribution in [0.15, 0.2) is 48.8 Å². The highest BCUT2D eigenvalue weighted by Gasteiger charge is 2.20. The number of nitrogens with zero attached hydrogens (tertiary/aromatic N) is 3. The van der Waals surface area contributed by atoms with Gasteiger partial charge in [0.05, 0.1) is 30.4 Å². The Balaban J connectivity index is 1.68. The third kappa shape index (κ3) is 4.34. The summed E-state index contributed by atoms with van der Waals surface area (Å²) in [5.74, 6) is 0.777. The molecule has 0 radical (unpaired) electrons.